The van der Waals surface area contributed by atoms with Gasteiger partial charge in [0, 0.05) is 5.39 Å². The lowest BCUT2D eigenvalue weighted by atomic mass is 10.0. The van der Waals surface area contributed by atoms with Crippen molar-refractivity contribution < 1.29 is 9.53 Å². The molecule has 0 aliphatic carbocycles. The average Bonchev–Trinajstić information content (AvgIpc) is 2.73. The van der Waals surface area contributed by atoms with Crippen molar-refractivity contribution in [3.8, 4) is 11.1 Å². The Labute approximate surface area is 161 Å². The molecule has 4 aromatic rings. The second-order valence-corrected chi connectivity index (χ2v) is 6.34. The Kier molecular flexibility index (Phi) is 4.60. The third-order valence-electron chi connectivity index (χ3n) is 4.40. The van der Waals surface area contributed by atoms with E-state index in [0.717, 1.165) is 16.7 Å². The van der Waals surface area contributed by atoms with E-state index in [-0.39, 0.29) is 18.5 Å². The van der Waals surface area contributed by atoms with Gasteiger partial charge in [-0.15, -0.1) is 0 Å². The summed E-state index contributed by atoms with van der Waals surface area (Å²) in [5.41, 5.74) is 15.6. The van der Waals surface area contributed by atoms with Crippen LogP contribution in [0, 0.1) is 0 Å². The number of esters is 1. The number of carbonyl (C=O) groups excluding carboxylic acids is 1. The highest BCUT2D eigenvalue weighted by atomic mass is 16.5. The van der Waals surface area contributed by atoms with Gasteiger partial charge in [0.2, 0.25) is 5.95 Å². The molecule has 0 aliphatic rings. The largest absolute Gasteiger partial charge is 0.457 e. The van der Waals surface area contributed by atoms with Crippen LogP contribution in [0.15, 0.2) is 72.8 Å². The first-order valence-corrected chi connectivity index (χ1v) is 8.74. The van der Waals surface area contributed by atoms with Gasteiger partial charge in [0.05, 0.1) is 11.1 Å². The molecule has 0 aliphatic heterocycles. The number of benzene rings is 3. The molecule has 6 nitrogen and oxygen atoms in total. The van der Waals surface area contributed by atoms with E-state index in [1.165, 1.54) is 0 Å². The summed E-state index contributed by atoms with van der Waals surface area (Å²) in [7, 11) is 0. The number of ether oxygens (including phenoxy) is 1. The van der Waals surface area contributed by atoms with E-state index >= 15 is 0 Å². The van der Waals surface area contributed by atoms with Crippen LogP contribution in [0.4, 0.5) is 11.8 Å². The van der Waals surface area contributed by atoms with E-state index in [2.05, 4.69) is 9.97 Å². The Morgan fingerprint density at radius 3 is 2.32 bits per heavy atom. The van der Waals surface area contributed by atoms with Crippen LogP contribution in [0.2, 0.25) is 0 Å². The predicted octanol–water partition coefficient (Wildman–Crippen LogP) is 3.82. The molecule has 0 fully saturated rings. The van der Waals surface area contributed by atoms with E-state index in [0.29, 0.717) is 22.3 Å². The molecule has 28 heavy (non-hydrogen) atoms. The van der Waals surface area contributed by atoms with Gasteiger partial charge in [-0.1, -0.05) is 48.5 Å². The number of carbonyl (C=O) groups is 1. The molecular formula is C22H18N4O2. The SMILES string of the molecule is Nc1nc(N)c2cc(COC(=O)c3ccc(-c4ccccc4)cc3)ccc2n1. The minimum absolute atomic E-state index is 0.124. The Hall–Kier alpha value is -3.93. The number of nitrogen functional groups attached to an aromatic ring is 2. The van der Waals surface area contributed by atoms with Crippen LogP contribution in [-0.4, -0.2) is 15.9 Å². The zero-order valence-corrected chi connectivity index (χ0v) is 15.0. The lowest BCUT2D eigenvalue weighted by Crippen LogP contribution is -2.05. The number of hydrogen-bond acceptors (Lipinski definition) is 6. The van der Waals surface area contributed by atoms with Crippen LogP contribution in [0.3, 0.4) is 0 Å². The lowest BCUT2D eigenvalue weighted by molar-refractivity contribution is 0.0473. The number of nitrogens with zero attached hydrogens (tertiary/aromatic N) is 2. The minimum atomic E-state index is -0.388. The van der Waals surface area contributed by atoms with Crippen LogP contribution in [0.5, 0.6) is 0 Å². The maximum atomic E-state index is 12.4. The highest BCUT2D eigenvalue weighted by Crippen LogP contribution is 2.22. The molecular weight excluding hydrogens is 352 g/mol. The highest BCUT2D eigenvalue weighted by Gasteiger charge is 2.09. The normalized spacial score (nSPS) is 10.7. The van der Waals surface area contributed by atoms with E-state index in [9.17, 15) is 4.79 Å². The number of nitrogens with two attached hydrogens (primary N) is 2. The second-order valence-electron chi connectivity index (χ2n) is 6.34. The van der Waals surface area contributed by atoms with Crippen molar-refractivity contribution in [2.45, 2.75) is 6.61 Å². The van der Waals surface area contributed by atoms with Gasteiger partial charge >= 0.3 is 5.97 Å². The van der Waals surface area contributed by atoms with Gasteiger partial charge < -0.3 is 16.2 Å². The molecule has 4 N–H and O–H groups in total. The molecule has 0 saturated carbocycles. The minimum Gasteiger partial charge on any atom is -0.457 e. The molecule has 0 amide bonds. The molecule has 0 spiro atoms. The molecule has 6 heteroatoms. The van der Waals surface area contributed by atoms with Gasteiger partial charge in [0.25, 0.3) is 0 Å². The third kappa shape index (κ3) is 3.61. The summed E-state index contributed by atoms with van der Waals surface area (Å²) in [5, 5.41) is 0.676. The summed E-state index contributed by atoms with van der Waals surface area (Å²) in [6.07, 6.45) is 0. The van der Waals surface area contributed by atoms with Crippen LogP contribution in [-0.2, 0) is 11.3 Å². The van der Waals surface area contributed by atoms with Crippen molar-refractivity contribution in [2.75, 3.05) is 11.5 Å². The molecule has 0 unspecified atom stereocenters. The fourth-order valence-corrected chi connectivity index (χ4v) is 2.97. The fraction of sp³-hybridized carbons (Fsp3) is 0.0455. The smallest absolute Gasteiger partial charge is 0.338 e. The number of fused-ring (bicyclic) bond motifs is 1. The molecule has 0 radical (unpaired) electrons. The lowest BCUT2D eigenvalue weighted by Gasteiger charge is -2.08. The Balaban J connectivity index is 1.46. The van der Waals surface area contributed by atoms with E-state index in [1.807, 2.05) is 48.5 Å². The summed E-state index contributed by atoms with van der Waals surface area (Å²) in [6, 6.07) is 22.7. The average molecular weight is 370 g/mol. The van der Waals surface area contributed by atoms with Crippen molar-refractivity contribution in [2.24, 2.45) is 0 Å². The third-order valence-corrected chi connectivity index (χ3v) is 4.40. The van der Waals surface area contributed by atoms with E-state index in [1.54, 1.807) is 24.3 Å². The second kappa shape index (κ2) is 7.36. The number of hydrogen-bond donors (Lipinski definition) is 2. The first-order valence-electron chi connectivity index (χ1n) is 8.74. The highest BCUT2D eigenvalue weighted by molar-refractivity contribution is 5.91. The molecule has 0 atom stereocenters. The van der Waals surface area contributed by atoms with Crippen molar-refractivity contribution in [3.63, 3.8) is 0 Å². The summed E-state index contributed by atoms with van der Waals surface area (Å²) in [5.74, 6) is 0.0385. The van der Waals surface area contributed by atoms with Crippen LogP contribution in [0.1, 0.15) is 15.9 Å². The van der Waals surface area contributed by atoms with Gasteiger partial charge in [-0.2, -0.15) is 4.98 Å². The Morgan fingerprint density at radius 2 is 1.57 bits per heavy atom. The van der Waals surface area contributed by atoms with Gasteiger partial charge in [-0.3, -0.25) is 0 Å². The quantitative estimate of drug-likeness (QED) is 0.529. The number of aromatic nitrogens is 2. The van der Waals surface area contributed by atoms with Gasteiger partial charge in [0.1, 0.15) is 12.4 Å². The Bertz CT molecular complexity index is 1140. The molecule has 1 heterocycles. The molecule has 0 bridgehead atoms. The fourth-order valence-electron chi connectivity index (χ4n) is 2.97. The number of anilines is 2. The number of rotatable bonds is 4. The van der Waals surface area contributed by atoms with Crippen molar-refractivity contribution in [1.29, 1.82) is 0 Å². The van der Waals surface area contributed by atoms with Crippen LogP contribution in [0.25, 0.3) is 22.0 Å². The van der Waals surface area contributed by atoms with E-state index < -0.39 is 0 Å². The summed E-state index contributed by atoms with van der Waals surface area (Å²) < 4.78 is 5.43. The monoisotopic (exact) mass is 370 g/mol. The molecule has 0 saturated heterocycles. The predicted molar refractivity (Wildman–Crippen MR) is 109 cm³/mol. The molecule has 1 aromatic heterocycles. The van der Waals surface area contributed by atoms with Gasteiger partial charge in [-0.05, 0) is 41.0 Å². The topological polar surface area (TPSA) is 104 Å². The molecule has 4 rings (SSSR count). The molecule has 3 aromatic carbocycles. The van der Waals surface area contributed by atoms with Crippen LogP contribution >= 0.6 is 0 Å². The summed E-state index contributed by atoms with van der Waals surface area (Å²) in [6.45, 7) is 0.124. The van der Waals surface area contributed by atoms with Gasteiger partial charge in [-0.25, -0.2) is 9.78 Å². The summed E-state index contributed by atoms with van der Waals surface area (Å²) in [4.78, 5) is 20.4. The van der Waals surface area contributed by atoms with Gasteiger partial charge in [0.15, 0.2) is 0 Å². The Morgan fingerprint density at radius 1 is 0.857 bits per heavy atom. The maximum absolute atomic E-state index is 12.4. The van der Waals surface area contributed by atoms with Crippen molar-refractivity contribution in [1.82, 2.24) is 9.97 Å². The maximum Gasteiger partial charge on any atom is 0.338 e. The zero-order chi connectivity index (χ0) is 19.5. The van der Waals surface area contributed by atoms with Crippen LogP contribution < -0.4 is 11.5 Å². The standard InChI is InChI=1S/C22H18N4O2/c23-20-18-12-14(6-11-19(18)25-22(24)26-20)13-28-21(27)17-9-7-16(8-10-17)15-4-2-1-3-5-15/h1-12H,13H2,(H4,23,24,25,26). The first kappa shape index (κ1) is 17.5. The summed E-state index contributed by atoms with van der Waals surface area (Å²) >= 11 is 0. The molecule has 138 valence electrons. The first-order chi connectivity index (χ1) is 13.6. The zero-order valence-electron chi connectivity index (χ0n) is 15.0. The van der Waals surface area contributed by atoms with Crippen molar-refractivity contribution in [3.05, 3.63) is 83.9 Å². The van der Waals surface area contributed by atoms with Crippen molar-refractivity contribution >= 4 is 28.6 Å². The van der Waals surface area contributed by atoms with E-state index in [4.69, 9.17) is 16.2 Å².